The van der Waals surface area contributed by atoms with Gasteiger partial charge in [0.15, 0.2) is 0 Å². The Morgan fingerprint density at radius 2 is 2.00 bits per heavy atom. The summed E-state index contributed by atoms with van der Waals surface area (Å²) in [4.78, 5) is 0. The summed E-state index contributed by atoms with van der Waals surface area (Å²) in [5.41, 5.74) is 0. The maximum atomic E-state index is 4.27. The first kappa shape index (κ1) is 7.87. The quantitative estimate of drug-likeness (QED) is 0.599. The van der Waals surface area contributed by atoms with E-state index in [9.17, 15) is 0 Å². The molecule has 0 aliphatic rings. The number of hydrogen-bond acceptors (Lipinski definition) is 0. The van der Waals surface area contributed by atoms with Crippen LogP contribution in [0.1, 0.15) is 0 Å². The Morgan fingerprint density at radius 3 is 2.44 bits per heavy atom. The molecule has 0 N–H and O–H groups in total. The van der Waals surface area contributed by atoms with Crippen LogP contribution in [0, 0.1) is 0 Å². The topological polar surface area (TPSA) is 0 Å². The van der Waals surface area contributed by atoms with E-state index in [1.54, 1.807) is 0 Å². The maximum absolute atomic E-state index is 4.27. The van der Waals surface area contributed by atoms with Crippen molar-refractivity contribution in [3.05, 3.63) is 24.3 Å². The van der Waals surface area contributed by atoms with Gasteiger partial charge >= 0.3 is 75.3 Å². The van der Waals surface area contributed by atoms with Gasteiger partial charge in [-0.25, -0.2) is 0 Å². The van der Waals surface area contributed by atoms with Gasteiger partial charge in [0.1, 0.15) is 0 Å². The fourth-order valence-electron chi connectivity index (χ4n) is 0.506. The van der Waals surface area contributed by atoms with Crippen molar-refractivity contribution < 1.29 is 13.4 Å². The van der Waals surface area contributed by atoms with Gasteiger partial charge in [0, 0.05) is 0 Å². The van der Waals surface area contributed by atoms with Crippen LogP contribution < -0.4 is 8.92 Å². The Labute approximate surface area is 74.9 Å². The van der Waals surface area contributed by atoms with Crippen molar-refractivity contribution in [1.29, 1.82) is 0 Å². The van der Waals surface area contributed by atoms with Crippen LogP contribution in [0.25, 0.3) is 0 Å². The van der Waals surface area contributed by atoms with E-state index in [0.717, 1.165) is 0 Å². The van der Waals surface area contributed by atoms with Crippen molar-refractivity contribution in [3.63, 3.8) is 0 Å². The van der Waals surface area contributed by atoms with Gasteiger partial charge in [-0.15, -0.1) is 0 Å². The average Bonchev–Trinajstić information content (AvgIpc) is 1.89. The molecular formula is C6H4CoSe2+. The molecule has 0 fully saturated rings. The molecule has 0 aliphatic heterocycles. The van der Waals surface area contributed by atoms with Gasteiger partial charge < -0.3 is 0 Å². The normalized spacial score (nSPS) is 9.00. The molecule has 0 nitrogen and oxygen atoms in total. The number of benzene rings is 1. The van der Waals surface area contributed by atoms with Crippen molar-refractivity contribution in [1.82, 2.24) is 0 Å². The Hall–Kier alpha value is 0.765. The third kappa shape index (κ3) is 2.12. The van der Waals surface area contributed by atoms with E-state index in [1.807, 2.05) is 12.1 Å². The zero-order valence-corrected chi connectivity index (χ0v) is 8.93. The molecule has 0 unspecified atom stereocenters. The van der Waals surface area contributed by atoms with Crippen LogP contribution in [0.2, 0.25) is 0 Å². The second kappa shape index (κ2) is 3.82. The molecule has 0 aromatic heterocycles. The fraction of sp³-hybridized carbons (Fsp3) is 0. The zero-order chi connectivity index (χ0) is 6.69. The van der Waals surface area contributed by atoms with Crippen LogP contribution in [-0.4, -0.2) is 28.7 Å². The van der Waals surface area contributed by atoms with E-state index in [-0.39, 0.29) is 0 Å². The molecule has 0 spiro atoms. The molecule has 0 heterocycles. The van der Waals surface area contributed by atoms with Crippen LogP contribution in [0.5, 0.6) is 0 Å². The average molecular weight is 293 g/mol. The summed E-state index contributed by atoms with van der Waals surface area (Å²) >= 11 is 7.57. The third-order valence-corrected chi connectivity index (χ3v) is 4.57. The van der Waals surface area contributed by atoms with Crippen LogP contribution in [0.3, 0.4) is 0 Å². The molecule has 0 aliphatic carbocycles. The van der Waals surface area contributed by atoms with Crippen molar-refractivity contribution in [3.8, 4) is 0 Å². The Kier molecular flexibility index (Phi) is 3.34. The Morgan fingerprint density at radius 1 is 1.33 bits per heavy atom. The first-order valence-corrected chi connectivity index (χ1v) is 6.86. The van der Waals surface area contributed by atoms with Crippen LogP contribution in [-0.2, 0) is 13.4 Å². The fourth-order valence-corrected chi connectivity index (χ4v) is 3.52. The SMILES string of the molecule is [Co]=[Se+]c1ccccc1[Se]. The van der Waals surface area contributed by atoms with Gasteiger partial charge in [-0.05, 0) is 0 Å². The zero-order valence-electron chi connectivity index (χ0n) is 4.46. The molecule has 0 saturated carbocycles. The molecule has 1 aromatic carbocycles. The molecular weight excluding hydrogens is 289 g/mol. The predicted molar refractivity (Wildman–Crippen MR) is 37.2 cm³/mol. The van der Waals surface area contributed by atoms with Gasteiger partial charge in [-0.3, -0.25) is 0 Å². The second-order valence-corrected chi connectivity index (χ2v) is 4.75. The van der Waals surface area contributed by atoms with Gasteiger partial charge in [-0.2, -0.15) is 0 Å². The van der Waals surface area contributed by atoms with Crippen molar-refractivity contribution >= 4 is 37.6 Å². The molecule has 1 rings (SSSR count). The van der Waals surface area contributed by atoms with E-state index in [4.69, 9.17) is 0 Å². The molecule has 1 radical (unpaired) electrons. The van der Waals surface area contributed by atoms with E-state index < -0.39 is 0 Å². The standard InChI is InChI=1S/C6H5Se2.Co/c7-5-3-1-2-4-6(5)8;/h1-4,7H;/q;+2/p-1. The Balaban J connectivity index is 3.15. The molecule has 9 heavy (non-hydrogen) atoms. The molecule has 3 heteroatoms. The molecule has 1 aromatic rings. The van der Waals surface area contributed by atoms with E-state index >= 15 is 0 Å². The molecule has 48 valence electrons. The van der Waals surface area contributed by atoms with Crippen LogP contribution in [0.4, 0.5) is 0 Å². The summed E-state index contributed by atoms with van der Waals surface area (Å²) in [7, 11) is 0. The molecule has 0 saturated heterocycles. The summed E-state index contributed by atoms with van der Waals surface area (Å²) in [5, 5.41) is 0. The van der Waals surface area contributed by atoms with Gasteiger partial charge in [-0.1, -0.05) is 0 Å². The minimum atomic E-state index is 0.314. The summed E-state index contributed by atoms with van der Waals surface area (Å²) < 4.78 is 2.55. The molecule has 0 atom stereocenters. The molecule has 0 amide bonds. The van der Waals surface area contributed by atoms with Gasteiger partial charge in [0.05, 0.1) is 0 Å². The molecule has 0 bridgehead atoms. The number of rotatable bonds is 1. The summed E-state index contributed by atoms with van der Waals surface area (Å²) in [5.74, 6) is 0. The van der Waals surface area contributed by atoms with E-state index in [0.29, 0.717) is 12.7 Å². The second-order valence-electron chi connectivity index (χ2n) is 1.51. The summed E-state index contributed by atoms with van der Waals surface area (Å²) in [6.07, 6.45) is 0. The van der Waals surface area contributed by atoms with E-state index in [1.165, 1.54) is 8.92 Å². The van der Waals surface area contributed by atoms with Gasteiger partial charge in [0.2, 0.25) is 0 Å². The first-order valence-electron chi connectivity index (χ1n) is 2.37. The predicted octanol–water partition coefficient (Wildman–Crippen LogP) is -0.728. The van der Waals surface area contributed by atoms with Crippen molar-refractivity contribution in [2.45, 2.75) is 0 Å². The van der Waals surface area contributed by atoms with Crippen LogP contribution in [0.15, 0.2) is 24.3 Å². The van der Waals surface area contributed by atoms with Crippen LogP contribution >= 0.6 is 0 Å². The first-order chi connectivity index (χ1) is 4.34. The summed E-state index contributed by atoms with van der Waals surface area (Å²) in [6.45, 7) is 0. The monoisotopic (exact) mass is 295 g/mol. The number of hydrogen-bond donors (Lipinski definition) is 0. The Bertz CT molecular complexity index is 222. The van der Waals surface area contributed by atoms with Crippen molar-refractivity contribution in [2.75, 3.05) is 0 Å². The van der Waals surface area contributed by atoms with Gasteiger partial charge in [0.25, 0.3) is 0 Å². The van der Waals surface area contributed by atoms with Crippen molar-refractivity contribution in [2.24, 2.45) is 0 Å². The minimum absolute atomic E-state index is 0.314. The van der Waals surface area contributed by atoms with E-state index in [2.05, 4.69) is 41.5 Å². The third-order valence-electron chi connectivity index (χ3n) is 0.922. The summed E-state index contributed by atoms with van der Waals surface area (Å²) in [6, 6.07) is 8.21.